The molecule has 6 rings (SSSR count). The molecule has 1 unspecified atom stereocenters. The van der Waals surface area contributed by atoms with Crippen molar-refractivity contribution in [1.29, 1.82) is 0 Å². The summed E-state index contributed by atoms with van der Waals surface area (Å²) < 4.78 is 52.3. The van der Waals surface area contributed by atoms with Crippen LogP contribution in [-0.2, 0) is 19.3 Å². The van der Waals surface area contributed by atoms with E-state index >= 15 is 0 Å². The molecule has 180 valence electrons. The number of nitrogens with one attached hydrogen (secondary N) is 1. The molecule has 1 aliphatic carbocycles. The van der Waals surface area contributed by atoms with E-state index in [2.05, 4.69) is 15.2 Å². The Morgan fingerprint density at radius 1 is 1.21 bits per heavy atom. The van der Waals surface area contributed by atoms with Crippen molar-refractivity contribution in [1.82, 2.24) is 19.5 Å². The van der Waals surface area contributed by atoms with Gasteiger partial charge in [-0.05, 0) is 31.4 Å². The topological polar surface area (TPSA) is 111 Å². The molecule has 10 nitrogen and oxygen atoms in total. The maximum Gasteiger partial charge on any atom is 0.239 e. The van der Waals surface area contributed by atoms with Crippen LogP contribution in [0.15, 0.2) is 18.2 Å². The predicted molar refractivity (Wildman–Crippen MR) is 124 cm³/mol. The van der Waals surface area contributed by atoms with Gasteiger partial charge in [0.1, 0.15) is 22.9 Å². The van der Waals surface area contributed by atoms with Crippen LogP contribution in [-0.4, -0.2) is 73.6 Å². The van der Waals surface area contributed by atoms with Crippen LogP contribution in [0.4, 0.5) is 16.2 Å². The Kier molecular flexibility index (Phi) is 4.75. The SMILES string of the molecule is CNc1nc2cc(F)ccc2n1-c1nc2c(c(C3(S(C)(=O)=O)CCC3)n1)OCC1COCCN21. The van der Waals surface area contributed by atoms with Crippen LogP contribution in [0.25, 0.3) is 17.0 Å². The van der Waals surface area contributed by atoms with Gasteiger partial charge in [0.25, 0.3) is 0 Å². The van der Waals surface area contributed by atoms with Crippen LogP contribution in [0, 0.1) is 5.82 Å². The molecule has 2 fully saturated rings. The number of ether oxygens (including phenoxy) is 2. The number of hydrogen-bond donors (Lipinski definition) is 1. The zero-order valence-electron chi connectivity index (χ0n) is 18.9. The highest BCUT2D eigenvalue weighted by Gasteiger charge is 2.53. The second-order valence-corrected chi connectivity index (χ2v) is 11.4. The molecule has 2 aromatic heterocycles. The Morgan fingerprint density at radius 3 is 2.74 bits per heavy atom. The molecule has 1 saturated heterocycles. The number of rotatable bonds is 4. The number of anilines is 2. The smallest absolute Gasteiger partial charge is 0.239 e. The van der Waals surface area contributed by atoms with Crippen LogP contribution in [0.5, 0.6) is 5.75 Å². The molecular weight excluding hydrogens is 463 g/mol. The first-order chi connectivity index (χ1) is 16.3. The number of imidazole rings is 1. The first kappa shape index (κ1) is 21.5. The zero-order chi connectivity index (χ0) is 23.7. The van der Waals surface area contributed by atoms with Gasteiger partial charge >= 0.3 is 0 Å². The van der Waals surface area contributed by atoms with Gasteiger partial charge in [0.2, 0.25) is 11.9 Å². The summed E-state index contributed by atoms with van der Waals surface area (Å²) in [5.41, 5.74) is 1.43. The summed E-state index contributed by atoms with van der Waals surface area (Å²) >= 11 is 0. The predicted octanol–water partition coefficient (Wildman–Crippen LogP) is 2.02. The number of halogens is 1. The van der Waals surface area contributed by atoms with E-state index in [9.17, 15) is 12.8 Å². The van der Waals surface area contributed by atoms with E-state index in [0.717, 1.165) is 6.42 Å². The number of sulfone groups is 1. The van der Waals surface area contributed by atoms with Crippen molar-refractivity contribution in [3.05, 3.63) is 29.7 Å². The van der Waals surface area contributed by atoms with Crippen molar-refractivity contribution in [2.24, 2.45) is 0 Å². The second-order valence-electron chi connectivity index (χ2n) is 9.03. The minimum absolute atomic E-state index is 0.0233. The average Bonchev–Trinajstić information content (AvgIpc) is 3.14. The molecule has 4 heterocycles. The molecule has 0 amide bonds. The summed E-state index contributed by atoms with van der Waals surface area (Å²) in [6.07, 6.45) is 2.99. The molecule has 0 bridgehead atoms. The fourth-order valence-electron chi connectivity index (χ4n) is 5.12. The number of fused-ring (bicyclic) bond motifs is 4. The quantitative estimate of drug-likeness (QED) is 0.589. The lowest BCUT2D eigenvalue weighted by Gasteiger charge is -2.44. The third-order valence-electron chi connectivity index (χ3n) is 7.10. The van der Waals surface area contributed by atoms with Gasteiger partial charge in [-0.25, -0.2) is 27.3 Å². The molecule has 34 heavy (non-hydrogen) atoms. The number of benzene rings is 1. The van der Waals surface area contributed by atoms with Gasteiger partial charge in [-0.15, -0.1) is 0 Å². The molecule has 1 atom stereocenters. The molecular formula is C22H25FN6O4S. The molecule has 1 saturated carbocycles. The van der Waals surface area contributed by atoms with Gasteiger partial charge in [0.05, 0.1) is 30.3 Å². The molecule has 2 aliphatic heterocycles. The van der Waals surface area contributed by atoms with E-state index in [0.29, 0.717) is 73.5 Å². The van der Waals surface area contributed by atoms with Crippen LogP contribution in [0.3, 0.4) is 0 Å². The van der Waals surface area contributed by atoms with Crippen LogP contribution in [0.1, 0.15) is 25.0 Å². The minimum atomic E-state index is -3.50. The molecule has 12 heteroatoms. The Bertz CT molecular complexity index is 1400. The number of nitrogens with zero attached hydrogens (tertiary/aromatic N) is 5. The molecule has 3 aromatic rings. The second kappa shape index (κ2) is 7.51. The summed E-state index contributed by atoms with van der Waals surface area (Å²) in [7, 11) is -1.79. The van der Waals surface area contributed by atoms with E-state index in [4.69, 9.17) is 19.4 Å². The lowest BCUT2D eigenvalue weighted by atomic mass is 9.81. The van der Waals surface area contributed by atoms with E-state index in [1.807, 2.05) is 0 Å². The molecule has 1 N–H and O–H groups in total. The molecule has 0 radical (unpaired) electrons. The number of morpholine rings is 1. The highest BCUT2D eigenvalue weighted by Crippen LogP contribution is 2.52. The van der Waals surface area contributed by atoms with E-state index in [-0.39, 0.29) is 12.0 Å². The summed E-state index contributed by atoms with van der Waals surface area (Å²) in [6.45, 7) is 2.02. The first-order valence-electron chi connectivity index (χ1n) is 11.3. The molecule has 1 aromatic carbocycles. The van der Waals surface area contributed by atoms with Crippen molar-refractivity contribution in [2.45, 2.75) is 30.1 Å². The summed E-state index contributed by atoms with van der Waals surface area (Å²) in [4.78, 5) is 16.3. The van der Waals surface area contributed by atoms with Gasteiger partial charge in [0, 0.05) is 25.9 Å². The Labute approximate surface area is 196 Å². The minimum Gasteiger partial charge on any atom is -0.486 e. The highest BCUT2D eigenvalue weighted by atomic mass is 32.2. The molecule has 0 spiro atoms. The Hall–Kier alpha value is -2.99. The fourth-order valence-corrected chi connectivity index (χ4v) is 6.64. The summed E-state index contributed by atoms with van der Waals surface area (Å²) in [5.74, 6) is 1.26. The van der Waals surface area contributed by atoms with E-state index < -0.39 is 20.4 Å². The zero-order valence-corrected chi connectivity index (χ0v) is 19.7. The van der Waals surface area contributed by atoms with Gasteiger partial charge in [-0.3, -0.25) is 0 Å². The van der Waals surface area contributed by atoms with E-state index in [1.165, 1.54) is 18.4 Å². The largest absolute Gasteiger partial charge is 0.486 e. The van der Waals surface area contributed by atoms with Crippen LogP contribution in [0.2, 0.25) is 0 Å². The summed E-state index contributed by atoms with van der Waals surface area (Å²) in [6, 6.07) is 4.29. The normalized spacial score (nSPS) is 21.4. The van der Waals surface area contributed by atoms with Gasteiger partial charge in [-0.2, -0.15) is 4.98 Å². The monoisotopic (exact) mass is 488 g/mol. The summed E-state index contributed by atoms with van der Waals surface area (Å²) in [5, 5.41) is 3.02. The van der Waals surface area contributed by atoms with Crippen molar-refractivity contribution < 1.29 is 22.3 Å². The van der Waals surface area contributed by atoms with Crippen molar-refractivity contribution >= 4 is 32.6 Å². The fraction of sp³-hybridized carbons (Fsp3) is 0.500. The molecule has 3 aliphatic rings. The maximum atomic E-state index is 13.9. The first-order valence-corrected chi connectivity index (χ1v) is 13.2. The van der Waals surface area contributed by atoms with Gasteiger partial charge in [-0.1, -0.05) is 0 Å². The highest BCUT2D eigenvalue weighted by molar-refractivity contribution is 7.91. The lowest BCUT2D eigenvalue weighted by Crippen LogP contribution is -2.52. The lowest BCUT2D eigenvalue weighted by molar-refractivity contribution is 0.0687. The van der Waals surface area contributed by atoms with Crippen LogP contribution >= 0.6 is 0 Å². The van der Waals surface area contributed by atoms with Crippen molar-refractivity contribution in [2.75, 3.05) is 49.9 Å². The van der Waals surface area contributed by atoms with Crippen molar-refractivity contribution in [3.63, 3.8) is 0 Å². The average molecular weight is 489 g/mol. The number of aromatic nitrogens is 4. The third-order valence-corrected chi connectivity index (χ3v) is 9.12. The Balaban J connectivity index is 1.65. The number of hydrogen-bond acceptors (Lipinski definition) is 9. The van der Waals surface area contributed by atoms with E-state index in [1.54, 1.807) is 17.7 Å². The van der Waals surface area contributed by atoms with Gasteiger partial charge in [0.15, 0.2) is 21.4 Å². The Morgan fingerprint density at radius 2 is 2.03 bits per heavy atom. The maximum absolute atomic E-state index is 13.9. The van der Waals surface area contributed by atoms with Crippen LogP contribution < -0.4 is 15.0 Å². The standard InChI is InChI=1S/C22H25FN6O4S/c1-24-20-25-15-10-13(23)4-5-16(15)29(20)21-26-18(22(6-3-7-22)34(2,30)31)17-19(27-21)28-8-9-32-11-14(28)12-33-17/h4-5,10,14H,3,6-9,11-12H2,1-2H3,(H,24,25). The van der Waals surface area contributed by atoms with Gasteiger partial charge < -0.3 is 19.7 Å². The van der Waals surface area contributed by atoms with Crippen molar-refractivity contribution in [3.8, 4) is 11.7 Å². The third kappa shape index (κ3) is 3.01.